The second kappa shape index (κ2) is 4.47. The van der Waals surface area contributed by atoms with Crippen LogP contribution in [0.25, 0.3) is 0 Å². The van der Waals surface area contributed by atoms with E-state index in [0.29, 0.717) is 6.04 Å². The maximum absolute atomic E-state index is 9.19. The maximum atomic E-state index is 9.19. The van der Waals surface area contributed by atoms with E-state index in [9.17, 15) is 5.11 Å². The van der Waals surface area contributed by atoms with E-state index in [1.54, 1.807) is 0 Å². The van der Waals surface area contributed by atoms with Gasteiger partial charge in [0, 0.05) is 22.3 Å². The number of thiophene rings is 1. The number of hydrogen-bond donors (Lipinski definition) is 2. The lowest BCUT2D eigenvalue weighted by molar-refractivity contribution is 0.0620. The first kappa shape index (κ1) is 12.1. The molecule has 1 aliphatic carbocycles. The van der Waals surface area contributed by atoms with Crippen LogP contribution >= 0.6 is 11.3 Å². The highest BCUT2D eigenvalue weighted by Crippen LogP contribution is 2.29. The van der Waals surface area contributed by atoms with E-state index in [0.717, 1.165) is 19.4 Å². The van der Waals surface area contributed by atoms with E-state index in [4.69, 9.17) is 0 Å². The first-order valence-electron chi connectivity index (χ1n) is 5.96. The Bertz CT molecular complexity index is 347. The van der Waals surface area contributed by atoms with Crippen molar-refractivity contribution >= 4 is 11.3 Å². The monoisotopic (exact) mass is 239 g/mol. The highest BCUT2D eigenvalue weighted by molar-refractivity contribution is 7.12. The minimum atomic E-state index is -0.0639. The lowest BCUT2D eigenvalue weighted by Gasteiger charge is -2.32. The van der Waals surface area contributed by atoms with Gasteiger partial charge in [0.05, 0.1) is 6.10 Å². The molecule has 2 nitrogen and oxygen atoms in total. The molecule has 1 aromatic rings. The molecular formula is C13H21NOS. The Labute approximate surface area is 102 Å². The average Bonchev–Trinajstić information content (AvgIpc) is 2.58. The first-order valence-corrected chi connectivity index (χ1v) is 6.77. The van der Waals surface area contributed by atoms with Crippen LogP contribution in [0.3, 0.4) is 0 Å². The second-order valence-electron chi connectivity index (χ2n) is 5.72. The zero-order valence-electron chi connectivity index (χ0n) is 10.3. The Morgan fingerprint density at radius 1 is 1.38 bits per heavy atom. The fourth-order valence-electron chi connectivity index (χ4n) is 1.88. The van der Waals surface area contributed by atoms with Gasteiger partial charge < -0.3 is 10.4 Å². The predicted octanol–water partition coefficient (Wildman–Crippen LogP) is 2.66. The summed E-state index contributed by atoms with van der Waals surface area (Å²) in [6.45, 7) is 7.69. The molecule has 3 heteroatoms. The molecule has 0 aromatic carbocycles. The molecule has 0 aliphatic heterocycles. The van der Waals surface area contributed by atoms with Crippen molar-refractivity contribution in [1.29, 1.82) is 0 Å². The Morgan fingerprint density at radius 3 is 2.56 bits per heavy atom. The van der Waals surface area contributed by atoms with Crippen molar-refractivity contribution in [1.82, 2.24) is 5.32 Å². The van der Waals surface area contributed by atoms with Crippen molar-refractivity contribution in [3.8, 4) is 0 Å². The first-order chi connectivity index (χ1) is 7.45. The summed E-state index contributed by atoms with van der Waals surface area (Å²) in [6.07, 6.45) is 1.76. The largest absolute Gasteiger partial charge is 0.393 e. The van der Waals surface area contributed by atoms with Crippen molar-refractivity contribution in [2.75, 3.05) is 0 Å². The van der Waals surface area contributed by atoms with E-state index in [-0.39, 0.29) is 11.5 Å². The number of hydrogen-bond acceptors (Lipinski definition) is 3. The van der Waals surface area contributed by atoms with Crippen LogP contribution in [0.15, 0.2) is 12.1 Å². The highest BCUT2D eigenvalue weighted by atomic mass is 32.1. The minimum absolute atomic E-state index is 0.0639. The lowest BCUT2D eigenvalue weighted by atomic mass is 9.89. The summed E-state index contributed by atoms with van der Waals surface area (Å²) >= 11 is 1.89. The highest BCUT2D eigenvalue weighted by Gasteiger charge is 2.26. The van der Waals surface area contributed by atoms with Gasteiger partial charge in [-0.1, -0.05) is 20.8 Å². The van der Waals surface area contributed by atoms with E-state index in [1.807, 2.05) is 11.3 Å². The van der Waals surface area contributed by atoms with Crippen molar-refractivity contribution in [3.63, 3.8) is 0 Å². The van der Waals surface area contributed by atoms with E-state index in [2.05, 4.69) is 38.2 Å². The Balaban J connectivity index is 1.84. The molecule has 2 N–H and O–H groups in total. The minimum Gasteiger partial charge on any atom is -0.393 e. The molecule has 0 bridgehead atoms. The summed E-state index contributed by atoms with van der Waals surface area (Å²) in [5.41, 5.74) is 0.260. The average molecular weight is 239 g/mol. The molecule has 1 fully saturated rings. The molecule has 1 aliphatic rings. The van der Waals surface area contributed by atoms with Gasteiger partial charge in [-0.3, -0.25) is 0 Å². The molecule has 0 atom stereocenters. The molecule has 1 aromatic heterocycles. The third kappa shape index (κ3) is 2.84. The van der Waals surface area contributed by atoms with Crippen LogP contribution in [0, 0.1) is 0 Å². The zero-order valence-corrected chi connectivity index (χ0v) is 11.1. The molecule has 0 saturated heterocycles. The number of nitrogens with one attached hydrogen (secondary N) is 1. The van der Waals surface area contributed by atoms with Crippen LogP contribution in [0.2, 0.25) is 0 Å². The Morgan fingerprint density at radius 2 is 2.06 bits per heavy atom. The number of aliphatic hydroxyl groups excluding tert-OH is 1. The third-order valence-electron chi connectivity index (χ3n) is 3.08. The normalized spacial score (nSPS) is 25.5. The molecule has 0 spiro atoms. The summed E-state index contributed by atoms with van der Waals surface area (Å²) < 4.78 is 0. The summed E-state index contributed by atoms with van der Waals surface area (Å²) in [6, 6.07) is 4.97. The number of rotatable bonds is 3. The lowest BCUT2D eigenvalue weighted by Crippen LogP contribution is -2.43. The summed E-state index contributed by atoms with van der Waals surface area (Å²) in [4.78, 5) is 2.84. The summed E-state index contributed by atoms with van der Waals surface area (Å²) in [5, 5.41) is 12.7. The van der Waals surface area contributed by atoms with Crippen LogP contribution in [-0.4, -0.2) is 17.3 Å². The molecular weight excluding hydrogens is 218 g/mol. The molecule has 1 heterocycles. The molecule has 1 saturated carbocycles. The van der Waals surface area contributed by atoms with Gasteiger partial charge in [0.25, 0.3) is 0 Å². The predicted molar refractivity (Wildman–Crippen MR) is 68.9 cm³/mol. The molecule has 90 valence electrons. The van der Waals surface area contributed by atoms with Gasteiger partial charge in [-0.15, -0.1) is 11.3 Å². The molecule has 0 unspecified atom stereocenters. The van der Waals surface area contributed by atoms with E-state index < -0.39 is 0 Å². The van der Waals surface area contributed by atoms with E-state index in [1.165, 1.54) is 9.75 Å². The van der Waals surface area contributed by atoms with Crippen molar-refractivity contribution < 1.29 is 5.11 Å². The van der Waals surface area contributed by atoms with Gasteiger partial charge in [0.2, 0.25) is 0 Å². The van der Waals surface area contributed by atoms with Gasteiger partial charge in [-0.2, -0.15) is 0 Å². The van der Waals surface area contributed by atoms with Crippen molar-refractivity contribution in [3.05, 3.63) is 21.9 Å². The fourth-order valence-corrected chi connectivity index (χ4v) is 2.89. The van der Waals surface area contributed by atoms with Gasteiger partial charge in [-0.05, 0) is 30.4 Å². The Kier molecular flexibility index (Phi) is 3.38. The quantitative estimate of drug-likeness (QED) is 0.850. The zero-order chi connectivity index (χ0) is 11.8. The smallest absolute Gasteiger partial charge is 0.0570 e. The van der Waals surface area contributed by atoms with Crippen LogP contribution in [-0.2, 0) is 12.0 Å². The number of aliphatic hydroxyl groups is 1. The summed E-state index contributed by atoms with van der Waals surface area (Å²) in [7, 11) is 0. The van der Waals surface area contributed by atoms with Gasteiger partial charge in [0.15, 0.2) is 0 Å². The van der Waals surface area contributed by atoms with Crippen LogP contribution in [0.4, 0.5) is 0 Å². The molecule has 2 rings (SSSR count). The standard InChI is InChI=1S/C13H21NOS/c1-13(2,3)12-5-4-11(16-12)8-14-9-6-10(15)7-9/h4-5,9-10,14-15H,6-8H2,1-3H3. The SMILES string of the molecule is CC(C)(C)c1ccc(CNC2CC(O)C2)s1. The maximum Gasteiger partial charge on any atom is 0.0570 e. The van der Waals surface area contributed by atoms with Crippen LogP contribution < -0.4 is 5.32 Å². The van der Waals surface area contributed by atoms with Gasteiger partial charge >= 0.3 is 0 Å². The topological polar surface area (TPSA) is 32.3 Å². The fraction of sp³-hybridized carbons (Fsp3) is 0.692. The third-order valence-corrected chi connectivity index (χ3v) is 4.59. The van der Waals surface area contributed by atoms with Crippen LogP contribution in [0.5, 0.6) is 0 Å². The molecule has 16 heavy (non-hydrogen) atoms. The van der Waals surface area contributed by atoms with Crippen molar-refractivity contribution in [2.45, 2.75) is 57.7 Å². The second-order valence-corrected chi connectivity index (χ2v) is 6.89. The molecule has 0 amide bonds. The Hall–Kier alpha value is -0.380. The van der Waals surface area contributed by atoms with Crippen LogP contribution in [0.1, 0.15) is 43.4 Å². The van der Waals surface area contributed by atoms with E-state index >= 15 is 0 Å². The van der Waals surface area contributed by atoms with Crippen molar-refractivity contribution in [2.24, 2.45) is 0 Å². The van der Waals surface area contributed by atoms with Gasteiger partial charge in [0.1, 0.15) is 0 Å². The molecule has 0 radical (unpaired) electrons. The van der Waals surface area contributed by atoms with Gasteiger partial charge in [-0.25, -0.2) is 0 Å². The summed E-state index contributed by atoms with van der Waals surface area (Å²) in [5.74, 6) is 0.